The predicted octanol–water partition coefficient (Wildman–Crippen LogP) is 3.80. The average Bonchev–Trinajstić information content (AvgIpc) is 3.19. The van der Waals surface area contributed by atoms with E-state index in [4.69, 9.17) is 8.94 Å². The van der Waals surface area contributed by atoms with Crippen molar-refractivity contribution in [2.75, 3.05) is 18.9 Å². The van der Waals surface area contributed by atoms with Crippen molar-refractivity contribution < 1.29 is 18.5 Å². The molecule has 0 bridgehead atoms. The number of rotatable bonds is 6. The summed E-state index contributed by atoms with van der Waals surface area (Å²) in [7, 11) is 1.60. The Morgan fingerprint density at radius 2 is 1.96 bits per heavy atom. The van der Waals surface area contributed by atoms with Gasteiger partial charge in [-0.05, 0) is 43.0 Å². The first-order chi connectivity index (χ1) is 13.2. The van der Waals surface area contributed by atoms with Crippen LogP contribution in [0.1, 0.15) is 42.2 Å². The number of hydrogen-bond donors (Lipinski definition) is 1. The molecule has 0 atom stereocenters. The Bertz CT molecular complexity index is 1020. The number of nitrogens with one attached hydrogen (secondary N) is 1. The van der Waals surface area contributed by atoms with Gasteiger partial charge in [0.05, 0.1) is 19.2 Å². The Morgan fingerprint density at radius 1 is 1.21 bits per heavy atom. The van der Waals surface area contributed by atoms with Crippen LogP contribution in [0.2, 0.25) is 0 Å². The minimum atomic E-state index is -0.334. The van der Waals surface area contributed by atoms with Crippen LogP contribution in [0, 0.1) is 13.8 Å². The van der Waals surface area contributed by atoms with Gasteiger partial charge in [-0.25, -0.2) is 0 Å². The molecule has 3 rings (SSSR count). The van der Waals surface area contributed by atoms with Crippen LogP contribution >= 0.6 is 0 Å². The Hall–Kier alpha value is -3.09. The summed E-state index contributed by atoms with van der Waals surface area (Å²) in [6.07, 6.45) is 1.79. The number of carbonyl (C=O) groups is 2. The molecule has 1 aromatic carbocycles. The van der Waals surface area contributed by atoms with Gasteiger partial charge in [-0.15, -0.1) is 0 Å². The van der Waals surface area contributed by atoms with E-state index in [1.54, 1.807) is 26.3 Å². The van der Waals surface area contributed by atoms with Crippen LogP contribution < -0.4 is 5.32 Å². The van der Waals surface area contributed by atoms with Crippen LogP contribution in [0.4, 0.5) is 5.82 Å². The number of furan rings is 1. The average molecular weight is 383 g/mol. The summed E-state index contributed by atoms with van der Waals surface area (Å²) >= 11 is 0. The first kappa shape index (κ1) is 19.7. The highest BCUT2D eigenvalue weighted by Crippen LogP contribution is 2.29. The van der Waals surface area contributed by atoms with Gasteiger partial charge in [0.25, 0.3) is 0 Å². The summed E-state index contributed by atoms with van der Waals surface area (Å²) in [5.41, 5.74) is 4.00. The van der Waals surface area contributed by atoms with Crippen molar-refractivity contribution in [1.82, 2.24) is 10.1 Å². The molecule has 0 aliphatic rings. The molecule has 3 aromatic rings. The fourth-order valence-electron chi connectivity index (χ4n) is 3.21. The monoisotopic (exact) mass is 383 g/mol. The van der Waals surface area contributed by atoms with Crippen molar-refractivity contribution in [3.8, 4) is 0 Å². The largest absolute Gasteiger partial charge is 0.464 e. The van der Waals surface area contributed by atoms with E-state index >= 15 is 0 Å². The normalized spacial score (nSPS) is 11.2. The number of benzene rings is 1. The van der Waals surface area contributed by atoms with E-state index in [0.29, 0.717) is 17.5 Å². The zero-order valence-electron chi connectivity index (χ0n) is 16.8. The zero-order chi connectivity index (χ0) is 20.4. The van der Waals surface area contributed by atoms with Crippen LogP contribution in [0.25, 0.3) is 11.0 Å². The highest BCUT2D eigenvalue weighted by Gasteiger charge is 2.18. The SMILES string of the molecule is Cc1cc(NC(=O)CN(C)C(=O)Cc2coc3cc(C)c(C(C)C)cc23)no1. The maximum atomic E-state index is 12.6. The van der Waals surface area contributed by atoms with Crippen molar-refractivity contribution in [3.05, 3.63) is 46.9 Å². The molecule has 7 nitrogen and oxygen atoms in total. The summed E-state index contributed by atoms with van der Waals surface area (Å²) in [6.45, 7) is 8.01. The molecule has 1 N–H and O–H groups in total. The zero-order valence-corrected chi connectivity index (χ0v) is 16.8. The molecule has 0 radical (unpaired) electrons. The molecule has 0 saturated heterocycles. The number of carbonyl (C=O) groups excluding carboxylic acids is 2. The second-order valence-corrected chi connectivity index (χ2v) is 7.42. The van der Waals surface area contributed by atoms with Crippen molar-refractivity contribution >= 4 is 28.6 Å². The number of amides is 2. The third-order valence-corrected chi connectivity index (χ3v) is 4.71. The third-order valence-electron chi connectivity index (χ3n) is 4.71. The molecular formula is C21H25N3O4. The summed E-state index contributed by atoms with van der Waals surface area (Å²) in [5.74, 6) is 0.817. The lowest BCUT2D eigenvalue weighted by molar-refractivity contribution is -0.132. The fraction of sp³-hybridized carbons (Fsp3) is 0.381. The van der Waals surface area contributed by atoms with Crippen LogP contribution in [0.5, 0.6) is 0 Å². The summed E-state index contributed by atoms with van der Waals surface area (Å²) in [6, 6.07) is 5.72. The Balaban J connectivity index is 1.68. The lowest BCUT2D eigenvalue weighted by Crippen LogP contribution is -2.35. The summed E-state index contributed by atoms with van der Waals surface area (Å²) < 4.78 is 10.5. The summed E-state index contributed by atoms with van der Waals surface area (Å²) in [5, 5.41) is 7.26. The number of fused-ring (bicyclic) bond motifs is 1. The fourth-order valence-corrected chi connectivity index (χ4v) is 3.21. The smallest absolute Gasteiger partial charge is 0.245 e. The highest BCUT2D eigenvalue weighted by atomic mass is 16.5. The summed E-state index contributed by atoms with van der Waals surface area (Å²) in [4.78, 5) is 26.1. The van der Waals surface area contributed by atoms with Gasteiger partial charge >= 0.3 is 0 Å². The Morgan fingerprint density at radius 3 is 2.61 bits per heavy atom. The van der Waals surface area contributed by atoms with E-state index < -0.39 is 0 Å². The number of hydrogen-bond acceptors (Lipinski definition) is 5. The van der Waals surface area contributed by atoms with Gasteiger partial charge in [0.1, 0.15) is 11.3 Å². The number of nitrogens with zero attached hydrogens (tertiary/aromatic N) is 2. The quantitative estimate of drug-likeness (QED) is 0.699. The van der Waals surface area contributed by atoms with Gasteiger partial charge in [-0.1, -0.05) is 19.0 Å². The minimum Gasteiger partial charge on any atom is -0.464 e. The number of likely N-dealkylation sites (N-methyl/N-ethyl adjacent to an activating group) is 1. The van der Waals surface area contributed by atoms with Crippen molar-refractivity contribution in [2.24, 2.45) is 0 Å². The van der Waals surface area contributed by atoms with E-state index in [1.807, 2.05) is 6.07 Å². The van der Waals surface area contributed by atoms with Gasteiger partial charge in [0.2, 0.25) is 11.8 Å². The third kappa shape index (κ3) is 4.24. The van der Waals surface area contributed by atoms with Gasteiger partial charge in [0.15, 0.2) is 5.82 Å². The molecule has 2 heterocycles. The number of anilines is 1. The maximum absolute atomic E-state index is 12.6. The van der Waals surface area contributed by atoms with Crippen LogP contribution in [-0.4, -0.2) is 35.5 Å². The standard InChI is InChI=1S/C21H25N3O4/c1-12(2)16-9-17-15(11-27-18(17)6-13(16)3)8-21(26)24(5)10-20(25)22-19-7-14(4)28-23-19/h6-7,9,11-12H,8,10H2,1-5H3,(H,22,23,25). The van der Waals surface area contributed by atoms with Gasteiger partial charge < -0.3 is 19.2 Å². The Labute approximate surface area is 163 Å². The molecule has 0 aliphatic carbocycles. The molecular weight excluding hydrogens is 358 g/mol. The lowest BCUT2D eigenvalue weighted by atomic mass is 9.95. The van der Waals surface area contributed by atoms with Crippen LogP contribution in [0.3, 0.4) is 0 Å². The molecule has 7 heteroatoms. The Kier molecular flexibility index (Phi) is 5.53. The molecule has 2 aromatic heterocycles. The van der Waals surface area contributed by atoms with Gasteiger partial charge in [-0.3, -0.25) is 9.59 Å². The van der Waals surface area contributed by atoms with E-state index in [2.05, 4.69) is 37.3 Å². The highest BCUT2D eigenvalue weighted by molar-refractivity contribution is 5.95. The van der Waals surface area contributed by atoms with Crippen molar-refractivity contribution in [3.63, 3.8) is 0 Å². The van der Waals surface area contributed by atoms with Crippen molar-refractivity contribution in [1.29, 1.82) is 0 Å². The van der Waals surface area contributed by atoms with Crippen LogP contribution in [-0.2, 0) is 16.0 Å². The molecule has 0 spiro atoms. The number of aryl methyl sites for hydroxylation is 2. The molecule has 28 heavy (non-hydrogen) atoms. The van der Waals surface area contributed by atoms with E-state index in [9.17, 15) is 9.59 Å². The molecule has 0 saturated carbocycles. The molecule has 0 fully saturated rings. The second kappa shape index (κ2) is 7.88. The molecule has 0 unspecified atom stereocenters. The predicted molar refractivity (Wildman–Crippen MR) is 106 cm³/mol. The molecule has 148 valence electrons. The lowest BCUT2D eigenvalue weighted by Gasteiger charge is -2.16. The molecule has 0 aliphatic heterocycles. The van der Waals surface area contributed by atoms with Gasteiger partial charge in [-0.2, -0.15) is 0 Å². The first-order valence-corrected chi connectivity index (χ1v) is 9.22. The van der Waals surface area contributed by atoms with Crippen LogP contribution in [0.15, 0.2) is 33.4 Å². The second-order valence-electron chi connectivity index (χ2n) is 7.42. The van der Waals surface area contributed by atoms with E-state index in [0.717, 1.165) is 16.5 Å². The maximum Gasteiger partial charge on any atom is 0.245 e. The number of aromatic nitrogens is 1. The molecule has 2 amide bonds. The van der Waals surface area contributed by atoms with E-state index in [1.165, 1.54) is 16.0 Å². The van der Waals surface area contributed by atoms with Crippen molar-refractivity contribution in [2.45, 2.75) is 40.0 Å². The minimum absolute atomic E-state index is 0.0725. The van der Waals surface area contributed by atoms with Gasteiger partial charge in [0, 0.05) is 24.1 Å². The first-order valence-electron chi connectivity index (χ1n) is 9.22. The topological polar surface area (TPSA) is 88.6 Å². The van der Waals surface area contributed by atoms with E-state index in [-0.39, 0.29) is 24.8 Å².